The van der Waals surface area contributed by atoms with Crippen LogP contribution in [0.1, 0.15) is 38.5 Å². The van der Waals surface area contributed by atoms with Crippen molar-refractivity contribution in [1.29, 1.82) is 0 Å². The van der Waals surface area contributed by atoms with Crippen LogP contribution < -0.4 is 11.0 Å². The summed E-state index contributed by atoms with van der Waals surface area (Å²) in [7, 11) is 0. The fourth-order valence-electron chi connectivity index (χ4n) is 2.80. The maximum atomic E-state index is 12.4. The molecular formula is C17H23N3O8. The van der Waals surface area contributed by atoms with Crippen molar-refractivity contribution in [2.24, 2.45) is 0 Å². The van der Waals surface area contributed by atoms with Crippen LogP contribution in [0.4, 0.5) is 5.82 Å². The number of rotatable bonds is 8. The van der Waals surface area contributed by atoms with Crippen molar-refractivity contribution in [3.63, 3.8) is 0 Å². The smallest absolute Gasteiger partial charge is 0.351 e. The molecule has 0 radical (unpaired) electrons. The highest BCUT2D eigenvalue weighted by Crippen LogP contribution is 2.30. The Hall–Kier alpha value is -2.95. The van der Waals surface area contributed by atoms with Crippen LogP contribution in [0.15, 0.2) is 11.0 Å². The molecule has 11 nitrogen and oxygen atoms in total. The van der Waals surface area contributed by atoms with Crippen molar-refractivity contribution in [2.75, 3.05) is 18.5 Å². The lowest BCUT2D eigenvalue weighted by Gasteiger charge is -2.18. The molecule has 0 amide bonds. The Kier molecular flexibility index (Phi) is 7.10. The third-order valence-corrected chi connectivity index (χ3v) is 4.02. The standard InChI is InChI=1S/C17H23N3O8/c1-9-7-20(17(25)19-16(9)18-5-4-15(23)24)14-6-12(27-11(3)22)13(28-14)8-26-10(2)21/h7,12-14H,4-6,8H2,1-3H3,(H,23,24)(H,18,19,25)/t12-,13+,14+/m0/s1. The molecule has 2 rings (SSSR count). The number of carboxylic acids is 1. The molecule has 0 unspecified atom stereocenters. The monoisotopic (exact) mass is 397 g/mol. The first-order valence-electron chi connectivity index (χ1n) is 8.69. The normalized spacial score (nSPS) is 21.2. The Morgan fingerprint density at radius 1 is 1.36 bits per heavy atom. The lowest BCUT2D eigenvalue weighted by atomic mass is 10.2. The molecule has 2 N–H and O–H groups in total. The number of esters is 2. The molecule has 11 heteroatoms. The van der Waals surface area contributed by atoms with E-state index in [4.69, 9.17) is 19.3 Å². The van der Waals surface area contributed by atoms with Gasteiger partial charge in [0.2, 0.25) is 0 Å². The average Bonchev–Trinajstić information content (AvgIpc) is 2.97. The number of aliphatic carboxylic acids is 1. The zero-order chi connectivity index (χ0) is 20.8. The molecule has 0 aliphatic carbocycles. The first-order valence-corrected chi connectivity index (χ1v) is 8.69. The molecule has 3 atom stereocenters. The summed E-state index contributed by atoms with van der Waals surface area (Å²) in [4.78, 5) is 49.3. The zero-order valence-corrected chi connectivity index (χ0v) is 15.8. The number of aryl methyl sites for hydroxylation is 1. The van der Waals surface area contributed by atoms with Crippen molar-refractivity contribution in [1.82, 2.24) is 9.55 Å². The second-order valence-electron chi connectivity index (χ2n) is 6.35. The van der Waals surface area contributed by atoms with E-state index in [1.165, 1.54) is 24.6 Å². The number of anilines is 1. The maximum absolute atomic E-state index is 12.4. The van der Waals surface area contributed by atoms with Crippen LogP contribution in [0.2, 0.25) is 0 Å². The summed E-state index contributed by atoms with van der Waals surface area (Å²) in [6, 6.07) is 0. The van der Waals surface area contributed by atoms with E-state index in [2.05, 4.69) is 10.3 Å². The van der Waals surface area contributed by atoms with E-state index >= 15 is 0 Å². The number of carboxylic acid groups (broad SMARTS) is 1. The number of hydrogen-bond donors (Lipinski definition) is 2. The van der Waals surface area contributed by atoms with Gasteiger partial charge in [0.1, 0.15) is 30.9 Å². The van der Waals surface area contributed by atoms with Crippen LogP contribution >= 0.6 is 0 Å². The van der Waals surface area contributed by atoms with E-state index in [0.29, 0.717) is 5.56 Å². The van der Waals surface area contributed by atoms with Gasteiger partial charge in [0.25, 0.3) is 0 Å². The fraction of sp³-hybridized carbons (Fsp3) is 0.588. The van der Waals surface area contributed by atoms with Crippen molar-refractivity contribution >= 4 is 23.7 Å². The lowest BCUT2D eigenvalue weighted by Crippen LogP contribution is -2.31. The van der Waals surface area contributed by atoms with Gasteiger partial charge in [-0.1, -0.05) is 0 Å². The minimum atomic E-state index is -0.965. The second kappa shape index (κ2) is 9.31. The summed E-state index contributed by atoms with van der Waals surface area (Å²) in [6.45, 7) is 4.24. The predicted molar refractivity (Wildman–Crippen MR) is 94.7 cm³/mol. The van der Waals surface area contributed by atoms with E-state index in [-0.39, 0.29) is 31.8 Å². The Labute approximate surface area is 160 Å². The molecule has 0 spiro atoms. The summed E-state index contributed by atoms with van der Waals surface area (Å²) >= 11 is 0. The number of hydrogen-bond acceptors (Lipinski definition) is 9. The van der Waals surface area contributed by atoms with Gasteiger partial charge >= 0.3 is 23.6 Å². The molecule has 1 aromatic heterocycles. The second-order valence-corrected chi connectivity index (χ2v) is 6.35. The SMILES string of the molecule is CC(=O)OC[C@H]1O[C@@H](n2cc(C)c(NCCC(=O)O)nc2=O)C[C@@H]1OC(C)=O. The Morgan fingerprint density at radius 2 is 2.07 bits per heavy atom. The van der Waals surface area contributed by atoms with Gasteiger partial charge in [0.15, 0.2) is 0 Å². The van der Waals surface area contributed by atoms with Crippen LogP contribution in [0.3, 0.4) is 0 Å². The third-order valence-electron chi connectivity index (χ3n) is 4.02. The molecular weight excluding hydrogens is 374 g/mol. The fourth-order valence-corrected chi connectivity index (χ4v) is 2.80. The van der Waals surface area contributed by atoms with Crippen LogP contribution in [0, 0.1) is 6.92 Å². The van der Waals surface area contributed by atoms with Gasteiger partial charge in [-0.2, -0.15) is 4.98 Å². The summed E-state index contributed by atoms with van der Waals surface area (Å²) in [5, 5.41) is 11.5. The van der Waals surface area contributed by atoms with E-state index in [0.717, 1.165) is 0 Å². The molecule has 1 aliphatic heterocycles. The number of ether oxygens (including phenoxy) is 3. The predicted octanol–water partition coefficient (Wildman–Crippen LogP) is 0.221. The number of nitrogens with one attached hydrogen (secondary N) is 1. The molecule has 1 aromatic rings. The molecule has 1 fully saturated rings. The van der Waals surface area contributed by atoms with Crippen molar-refractivity contribution in [2.45, 2.75) is 52.0 Å². The number of nitrogens with zero attached hydrogens (tertiary/aromatic N) is 2. The molecule has 2 heterocycles. The molecule has 1 aliphatic rings. The Balaban J connectivity index is 2.15. The third kappa shape index (κ3) is 5.78. The summed E-state index contributed by atoms with van der Waals surface area (Å²) in [5.41, 5.74) is 0.00389. The average molecular weight is 397 g/mol. The number of aromatic nitrogens is 2. The van der Waals surface area contributed by atoms with Gasteiger partial charge in [0, 0.05) is 38.6 Å². The van der Waals surface area contributed by atoms with Crippen molar-refractivity contribution in [3.05, 3.63) is 22.2 Å². The van der Waals surface area contributed by atoms with Gasteiger partial charge < -0.3 is 24.6 Å². The molecule has 0 saturated carbocycles. The summed E-state index contributed by atoms with van der Waals surface area (Å²) in [5.74, 6) is -1.69. The van der Waals surface area contributed by atoms with Crippen LogP contribution in [-0.2, 0) is 28.6 Å². The van der Waals surface area contributed by atoms with E-state index in [1.807, 2.05) is 0 Å². The van der Waals surface area contributed by atoms with Crippen LogP contribution in [0.25, 0.3) is 0 Å². The quantitative estimate of drug-likeness (QED) is 0.584. The van der Waals surface area contributed by atoms with Gasteiger partial charge in [-0.15, -0.1) is 0 Å². The minimum absolute atomic E-state index is 0.111. The molecule has 154 valence electrons. The highest BCUT2D eigenvalue weighted by atomic mass is 16.6. The first kappa shape index (κ1) is 21.4. The lowest BCUT2D eigenvalue weighted by molar-refractivity contribution is -0.155. The van der Waals surface area contributed by atoms with Crippen LogP contribution in [0.5, 0.6) is 0 Å². The van der Waals surface area contributed by atoms with Crippen molar-refractivity contribution < 1.29 is 33.7 Å². The highest BCUT2D eigenvalue weighted by molar-refractivity contribution is 5.67. The molecule has 1 saturated heterocycles. The highest BCUT2D eigenvalue weighted by Gasteiger charge is 2.39. The first-order chi connectivity index (χ1) is 13.2. The Bertz CT molecular complexity index is 806. The molecule has 28 heavy (non-hydrogen) atoms. The number of carbonyl (C=O) groups is 3. The van der Waals surface area contributed by atoms with Crippen molar-refractivity contribution in [3.8, 4) is 0 Å². The van der Waals surface area contributed by atoms with E-state index in [1.54, 1.807) is 6.92 Å². The largest absolute Gasteiger partial charge is 0.481 e. The molecule has 0 aromatic carbocycles. The number of carbonyl (C=O) groups excluding carboxylic acids is 2. The van der Waals surface area contributed by atoms with Gasteiger partial charge in [-0.25, -0.2) is 4.79 Å². The zero-order valence-electron chi connectivity index (χ0n) is 15.8. The van der Waals surface area contributed by atoms with E-state index < -0.39 is 42.0 Å². The van der Waals surface area contributed by atoms with Gasteiger partial charge in [-0.05, 0) is 6.92 Å². The van der Waals surface area contributed by atoms with Gasteiger partial charge in [0.05, 0.1) is 6.42 Å². The summed E-state index contributed by atoms with van der Waals surface area (Å²) in [6.07, 6.45) is -0.532. The van der Waals surface area contributed by atoms with Crippen LogP contribution in [-0.4, -0.2) is 57.9 Å². The van der Waals surface area contributed by atoms with Gasteiger partial charge in [-0.3, -0.25) is 19.0 Å². The summed E-state index contributed by atoms with van der Waals surface area (Å²) < 4.78 is 17.2. The Morgan fingerprint density at radius 3 is 2.68 bits per heavy atom. The molecule has 0 bridgehead atoms. The minimum Gasteiger partial charge on any atom is -0.481 e. The maximum Gasteiger partial charge on any atom is 0.351 e. The van der Waals surface area contributed by atoms with E-state index in [9.17, 15) is 19.2 Å². The topological polar surface area (TPSA) is 146 Å².